The largest absolute Gasteiger partial charge is 0.385 e. The van der Waals surface area contributed by atoms with E-state index in [1.165, 1.54) is 18.5 Å². The van der Waals surface area contributed by atoms with E-state index in [0.717, 1.165) is 30.0 Å². The Labute approximate surface area is 175 Å². The van der Waals surface area contributed by atoms with Crippen molar-refractivity contribution >= 4 is 23.0 Å². The van der Waals surface area contributed by atoms with E-state index in [0.29, 0.717) is 12.6 Å². The van der Waals surface area contributed by atoms with Crippen molar-refractivity contribution in [2.24, 2.45) is 5.41 Å². The Hall–Kier alpha value is -2.49. The van der Waals surface area contributed by atoms with Crippen molar-refractivity contribution in [3.8, 4) is 0 Å². The quantitative estimate of drug-likeness (QED) is 0.626. The average molecular weight is 394 g/mol. The van der Waals surface area contributed by atoms with Crippen LogP contribution in [-0.2, 0) is 11.3 Å². The Bertz CT molecular complexity index is 819. The molecule has 0 aliphatic heterocycles. The third kappa shape index (κ3) is 5.31. The van der Waals surface area contributed by atoms with Crippen LogP contribution < -0.4 is 15.1 Å². The van der Waals surface area contributed by atoms with Crippen LogP contribution in [0, 0.1) is 5.41 Å². The van der Waals surface area contributed by atoms with Gasteiger partial charge in [0, 0.05) is 41.6 Å². The molecule has 4 nitrogen and oxygen atoms in total. The van der Waals surface area contributed by atoms with E-state index < -0.39 is 5.41 Å². The number of carbonyl (C=O) groups excluding carboxylic acids is 1. The molecule has 156 valence electrons. The second-order valence-corrected chi connectivity index (χ2v) is 8.91. The monoisotopic (exact) mass is 393 g/mol. The van der Waals surface area contributed by atoms with Crippen LogP contribution in [0.3, 0.4) is 0 Å². The highest BCUT2D eigenvalue weighted by atomic mass is 16.2. The van der Waals surface area contributed by atoms with Crippen molar-refractivity contribution in [1.29, 1.82) is 0 Å². The standard InChI is InChI=1S/C25H35N3O/c1-6-26-20-11-13-22(14-12-20)28(24(29)25(3,4)5)18-19-9-8-10-23(17-19)27(7-2)21-15-16-21/h8-14,17,21,26H,6-7,15-16,18H2,1-5H3. The molecule has 0 unspecified atom stereocenters. The second-order valence-electron chi connectivity index (χ2n) is 8.91. The second kappa shape index (κ2) is 8.89. The fourth-order valence-corrected chi connectivity index (χ4v) is 3.70. The molecular weight excluding hydrogens is 358 g/mol. The molecule has 0 radical (unpaired) electrons. The van der Waals surface area contributed by atoms with Crippen molar-refractivity contribution in [3.05, 3.63) is 54.1 Å². The van der Waals surface area contributed by atoms with Gasteiger partial charge >= 0.3 is 0 Å². The van der Waals surface area contributed by atoms with Crippen molar-refractivity contribution in [3.63, 3.8) is 0 Å². The number of carbonyl (C=O) groups is 1. The van der Waals surface area contributed by atoms with Gasteiger partial charge in [-0.2, -0.15) is 0 Å². The molecule has 1 N–H and O–H groups in total. The number of hydrogen-bond donors (Lipinski definition) is 1. The summed E-state index contributed by atoms with van der Waals surface area (Å²) < 4.78 is 0. The number of nitrogens with one attached hydrogen (secondary N) is 1. The molecule has 0 aromatic heterocycles. The lowest BCUT2D eigenvalue weighted by atomic mass is 9.94. The summed E-state index contributed by atoms with van der Waals surface area (Å²) in [6.07, 6.45) is 2.57. The molecule has 2 aromatic rings. The van der Waals surface area contributed by atoms with Gasteiger partial charge in [0.1, 0.15) is 0 Å². The SMILES string of the molecule is CCNc1ccc(N(Cc2cccc(N(CC)C3CC3)c2)C(=O)C(C)(C)C)cc1. The molecule has 1 aliphatic carbocycles. The highest BCUT2D eigenvalue weighted by Gasteiger charge is 2.30. The molecule has 0 atom stereocenters. The van der Waals surface area contributed by atoms with Crippen molar-refractivity contribution < 1.29 is 4.79 Å². The summed E-state index contributed by atoms with van der Waals surface area (Å²) in [6, 6.07) is 17.5. The minimum absolute atomic E-state index is 0.133. The first kappa shape index (κ1) is 21.2. The van der Waals surface area contributed by atoms with Gasteiger partial charge in [0.2, 0.25) is 5.91 Å². The van der Waals surface area contributed by atoms with Crippen LogP contribution in [0.25, 0.3) is 0 Å². The summed E-state index contributed by atoms with van der Waals surface area (Å²) in [6.45, 7) is 12.7. The van der Waals surface area contributed by atoms with E-state index in [2.05, 4.69) is 48.3 Å². The Balaban J connectivity index is 1.88. The molecule has 1 amide bonds. The van der Waals surface area contributed by atoms with Gasteiger partial charge in [0.05, 0.1) is 6.54 Å². The zero-order chi connectivity index (χ0) is 21.0. The average Bonchev–Trinajstić information content (AvgIpc) is 3.52. The van der Waals surface area contributed by atoms with Gasteiger partial charge in [0.25, 0.3) is 0 Å². The molecule has 3 rings (SSSR count). The molecule has 0 spiro atoms. The highest BCUT2D eigenvalue weighted by molar-refractivity contribution is 5.97. The summed E-state index contributed by atoms with van der Waals surface area (Å²) >= 11 is 0. The topological polar surface area (TPSA) is 35.6 Å². The minimum Gasteiger partial charge on any atom is -0.385 e. The molecule has 2 aromatic carbocycles. The lowest BCUT2D eigenvalue weighted by Crippen LogP contribution is -2.39. The zero-order valence-corrected chi connectivity index (χ0v) is 18.5. The summed E-state index contributed by atoms with van der Waals surface area (Å²) in [7, 11) is 0. The molecular formula is C25H35N3O. The van der Waals surface area contributed by atoms with Crippen LogP contribution in [0.1, 0.15) is 53.0 Å². The predicted octanol–water partition coefficient (Wildman–Crippen LogP) is 5.69. The van der Waals surface area contributed by atoms with Crippen molar-refractivity contribution in [2.75, 3.05) is 28.2 Å². The third-order valence-corrected chi connectivity index (χ3v) is 5.36. The van der Waals surface area contributed by atoms with E-state index in [-0.39, 0.29) is 5.91 Å². The zero-order valence-electron chi connectivity index (χ0n) is 18.5. The summed E-state index contributed by atoms with van der Waals surface area (Å²) in [5, 5.41) is 3.32. The van der Waals surface area contributed by atoms with Crippen LogP contribution in [0.4, 0.5) is 17.1 Å². The number of amides is 1. The van der Waals surface area contributed by atoms with E-state index in [4.69, 9.17) is 0 Å². The Kier molecular flexibility index (Phi) is 6.51. The first-order valence-corrected chi connectivity index (χ1v) is 10.8. The molecule has 1 fully saturated rings. The van der Waals surface area contributed by atoms with Crippen LogP contribution >= 0.6 is 0 Å². The number of anilines is 3. The summed E-state index contributed by atoms with van der Waals surface area (Å²) in [5.74, 6) is 0.133. The maximum Gasteiger partial charge on any atom is 0.232 e. The molecule has 0 heterocycles. The number of rotatable bonds is 8. The Morgan fingerprint density at radius 3 is 2.28 bits per heavy atom. The predicted molar refractivity (Wildman–Crippen MR) is 124 cm³/mol. The fraction of sp³-hybridized carbons (Fsp3) is 0.480. The maximum absolute atomic E-state index is 13.3. The van der Waals surface area contributed by atoms with Gasteiger partial charge in [-0.25, -0.2) is 0 Å². The van der Waals surface area contributed by atoms with E-state index >= 15 is 0 Å². The van der Waals surface area contributed by atoms with Crippen molar-refractivity contribution in [2.45, 2.75) is 60.0 Å². The van der Waals surface area contributed by atoms with Gasteiger partial charge in [-0.05, 0) is 68.7 Å². The van der Waals surface area contributed by atoms with Gasteiger partial charge in [-0.1, -0.05) is 32.9 Å². The summed E-state index contributed by atoms with van der Waals surface area (Å²) in [5.41, 5.74) is 3.99. The Morgan fingerprint density at radius 1 is 1.03 bits per heavy atom. The first-order chi connectivity index (χ1) is 13.8. The number of benzene rings is 2. The van der Waals surface area contributed by atoms with Crippen LogP contribution in [0.2, 0.25) is 0 Å². The molecule has 29 heavy (non-hydrogen) atoms. The summed E-state index contributed by atoms with van der Waals surface area (Å²) in [4.78, 5) is 17.7. The molecule has 1 aliphatic rings. The van der Waals surface area contributed by atoms with E-state index in [1.54, 1.807) is 0 Å². The third-order valence-electron chi connectivity index (χ3n) is 5.36. The smallest absolute Gasteiger partial charge is 0.232 e. The maximum atomic E-state index is 13.3. The molecule has 0 saturated heterocycles. The fourth-order valence-electron chi connectivity index (χ4n) is 3.70. The lowest BCUT2D eigenvalue weighted by Gasteiger charge is -2.30. The van der Waals surface area contributed by atoms with Gasteiger partial charge < -0.3 is 15.1 Å². The molecule has 0 bridgehead atoms. The van der Waals surface area contributed by atoms with Gasteiger partial charge in [-0.3, -0.25) is 4.79 Å². The Morgan fingerprint density at radius 2 is 1.72 bits per heavy atom. The lowest BCUT2D eigenvalue weighted by molar-refractivity contribution is -0.125. The van der Waals surface area contributed by atoms with E-state index in [9.17, 15) is 4.79 Å². The number of hydrogen-bond acceptors (Lipinski definition) is 3. The minimum atomic E-state index is -0.443. The van der Waals surface area contributed by atoms with Gasteiger partial charge in [-0.15, -0.1) is 0 Å². The molecule has 4 heteroatoms. The van der Waals surface area contributed by atoms with Crippen LogP contribution in [0.5, 0.6) is 0 Å². The van der Waals surface area contributed by atoms with Crippen molar-refractivity contribution in [1.82, 2.24) is 0 Å². The highest BCUT2D eigenvalue weighted by Crippen LogP contribution is 2.32. The molecule has 1 saturated carbocycles. The normalized spacial score (nSPS) is 13.8. The first-order valence-electron chi connectivity index (χ1n) is 10.8. The van der Waals surface area contributed by atoms with Crippen LogP contribution in [-0.4, -0.2) is 25.0 Å². The van der Waals surface area contributed by atoms with Crippen LogP contribution in [0.15, 0.2) is 48.5 Å². The van der Waals surface area contributed by atoms with Gasteiger partial charge in [0.15, 0.2) is 0 Å². The number of nitrogens with zero attached hydrogens (tertiary/aromatic N) is 2. The van der Waals surface area contributed by atoms with E-state index in [1.807, 2.05) is 49.9 Å².